The monoisotopic (exact) mass is 1280 g/mol. The van der Waals surface area contributed by atoms with Gasteiger partial charge in [-0.25, -0.2) is 0 Å². The zero-order chi connectivity index (χ0) is 65.8. The molecule has 0 bridgehead atoms. The van der Waals surface area contributed by atoms with Gasteiger partial charge in [-0.15, -0.1) is 0 Å². The van der Waals surface area contributed by atoms with Crippen LogP contribution in [0.3, 0.4) is 0 Å². The van der Waals surface area contributed by atoms with Crippen molar-refractivity contribution >= 4 is 27.8 Å². The number of hydrogen-bond donors (Lipinski definition) is 2. The SMILES string of the molecule is CCCCCCCCCC.CCCCCCCCCC.CCCCCCCCCC.CCCCCCCCCC.CCCCCCCCCC.CCCCCCCCCC.CCCCCCCCCC.CCCCCCCCCC.O.O=S(=O)(O)O.[AlH3]. The van der Waals surface area contributed by atoms with Crippen molar-refractivity contribution in [2.24, 2.45) is 0 Å². The van der Waals surface area contributed by atoms with Crippen LogP contribution in [0.15, 0.2) is 0 Å². The lowest BCUT2D eigenvalue weighted by atomic mass is 10.1. The highest BCUT2D eigenvalue weighted by molar-refractivity contribution is 7.79. The summed E-state index contributed by atoms with van der Waals surface area (Å²) in [4.78, 5) is 0. The summed E-state index contributed by atoms with van der Waals surface area (Å²) in [5.74, 6) is 0. The molecule has 0 radical (unpaired) electrons. The van der Waals surface area contributed by atoms with E-state index in [1.54, 1.807) is 0 Å². The first-order valence-corrected chi connectivity index (χ1v) is 41.4. The molecule has 4 N–H and O–H groups in total. The lowest BCUT2D eigenvalue weighted by Crippen LogP contribution is -1.89. The van der Waals surface area contributed by atoms with Crippen molar-refractivity contribution < 1.29 is 23.0 Å². The Hall–Kier alpha value is 0.362. The van der Waals surface area contributed by atoms with Crippen LogP contribution in [0.25, 0.3) is 0 Å². The van der Waals surface area contributed by atoms with E-state index in [2.05, 4.69) is 111 Å². The van der Waals surface area contributed by atoms with Gasteiger partial charge in [-0.1, -0.05) is 522 Å². The van der Waals surface area contributed by atoms with E-state index in [1.807, 2.05) is 0 Å². The van der Waals surface area contributed by atoms with Crippen molar-refractivity contribution in [3.05, 3.63) is 0 Å². The minimum Gasteiger partial charge on any atom is -0.412 e. The number of rotatable bonds is 56. The first-order chi connectivity index (χ1) is 41.3. The largest absolute Gasteiger partial charge is 0.412 e. The quantitative estimate of drug-likeness (QED) is 0.0359. The maximum Gasteiger partial charge on any atom is 0.394 e. The molecule has 0 aromatic carbocycles. The van der Waals surface area contributed by atoms with E-state index < -0.39 is 10.4 Å². The fourth-order valence-corrected chi connectivity index (χ4v) is 9.66. The summed E-state index contributed by atoms with van der Waals surface area (Å²) in [7, 11) is -4.67. The summed E-state index contributed by atoms with van der Waals surface area (Å²) >= 11 is 0. The number of hydrogen-bond acceptors (Lipinski definition) is 2. The average molecular weight is 1280 g/mol. The van der Waals surface area contributed by atoms with Crippen LogP contribution >= 0.6 is 0 Å². The summed E-state index contributed by atoms with van der Waals surface area (Å²) in [6.45, 7) is 36.3. The van der Waals surface area contributed by atoms with Gasteiger partial charge in [-0.2, -0.15) is 8.42 Å². The highest BCUT2D eigenvalue weighted by Crippen LogP contribution is 2.13. The van der Waals surface area contributed by atoms with E-state index in [0.29, 0.717) is 0 Å². The van der Waals surface area contributed by atoms with Crippen molar-refractivity contribution in [3.63, 3.8) is 0 Å². The molecule has 87 heavy (non-hydrogen) atoms. The third kappa shape index (κ3) is 193. The second-order valence-electron chi connectivity index (χ2n) is 25.4. The van der Waals surface area contributed by atoms with Crippen LogP contribution in [0.2, 0.25) is 0 Å². The zero-order valence-electron chi connectivity index (χ0n) is 63.9. The highest BCUT2D eigenvalue weighted by atomic mass is 32.3. The van der Waals surface area contributed by atoms with E-state index in [0.717, 1.165) is 0 Å². The van der Waals surface area contributed by atoms with Crippen LogP contribution < -0.4 is 0 Å². The van der Waals surface area contributed by atoms with Gasteiger partial charge in [0.1, 0.15) is 0 Å². The van der Waals surface area contributed by atoms with E-state index in [-0.39, 0.29) is 22.8 Å². The summed E-state index contributed by atoms with van der Waals surface area (Å²) in [5.41, 5.74) is 0. The smallest absolute Gasteiger partial charge is 0.394 e. The van der Waals surface area contributed by atoms with Gasteiger partial charge >= 0.3 is 10.4 Å². The van der Waals surface area contributed by atoms with Crippen molar-refractivity contribution in [2.45, 2.75) is 522 Å². The Morgan fingerprint density at radius 3 is 0.218 bits per heavy atom. The molecule has 5 nitrogen and oxygen atoms in total. The molecular weight excluding hydrogens is 1100 g/mol. The number of unbranched alkanes of at least 4 members (excludes halogenated alkanes) is 56. The molecule has 0 heterocycles. The van der Waals surface area contributed by atoms with Gasteiger partial charge in [0.25, 0.3) is 0 Å². The van der Waals surface area contributed by atoms with Crippen LogP contribution in [-0.4, -0.2) is 40.4 Å². The second kappa shape index (κ2) is 127. The first kappa shape index (κ1) is 112. The molecule has 0 aliphatic carbocycles. The molecule has 0 spiro atoms. The Bertz CT molecular complexity index is 749. The fraction of sp³-hybridized carbons (Fsp3) is 1.00. The van der Waals surface area contributed by atoms with E-state index in [4.69, 9.17) is 17.5 Å². The van der Waals surface area contributed by atoms with Gasteiger partial charge in [0.15, 0.2) is 17.4 Å². The summed E-state index contributed by atoms with van der Waals surface area (Å²) in [5, 5.41) is 0. The molecule has 0 rings (SSSR count). The van der Waals surface area contributed by atoms with Gasteiger partial charge in [0.05, 0.1) is 0 Å². The molecule has 0 fully saturated rings. The van der Waals surface area contributed by atoms with E-state index in [1.165, 1.54) is 411 Å². The highest BCUT2D eigenvalue weighted by Gasteiger charge is 1.94. The Labute approximate surface area is 569 Å². The summed E-state index contributed by atoms with van der Waals surface area (Å²) in [6.07, 6.45) is 91.7. The molecule has 0 amide bonds. The summed E-state index contributed by atoms with van der Waals surface area (Å²) < 4.78 is 31.6. The first-order valence-electron chi connectivity index (χ1n) is 40.0. The van der Waals surface area contributed by atoms with Crippen LogP contribution in [0.4, 0.5) is 0 Å². The molecule has 542 valence electrons. The molecular formula is C80H183AlO5S. The molecule has 0 aliphatic rings. The zero-order valence-corrected chi connectivity index (χ0v) is 64.7. The van der Waals surface area contributed by atoms with Crippen LogP contribution in [-0.2, 0) is 10.4 Å². The topological polar surface area (TPSA) is 106 Å². The van der Waals surface area contributed by atoms with Crippen LogP contribution in [0.1, 0.15) is 522 Å². The average Bonchev–Trinajstić information content (AvgIpc) is 3.49. The summed E-state index contributed by atoms with van der Waals surface area (Å²) in [6, 6.07) is 0. The van der Waals surface area contributed by atoms with Gasteiger partial charge < -0.3 is 5.48 Å². The second-order valence-corrected chi connectivity index (χ2v) is 26.3. The Morgan fingerprint density at radius 1 is 0.149 bits per heavy atom. The minimum absolute atomic E-state index is 0. The van der Waals surface area contributed by atoms with Gasteiger partial charge in [-0.3, -0.25) is 9.11 Å². The maximum atomic E-state index is 8.74. The van der Waals surface area contributed by atoms with E-state index >= 15 is 0 Å². The molecule has 0 saturated heterocycles. The van der Waals surface area contributed by atoms with Crippen molar-refractivity contribution in [2.75, 3.05) is 0 Å². The lowest BCUT2D eigenvalue weighted by molar-refractivity contribution is 0.381. The maximum absolute atomic E-state index is 8.74. The Kier molecular flexibility index (Phi) is 163. The van der Waals surface area contributed by atoms with Crippen LogP contribution in [0, 0.1) is 0 Å². The standard InChI is InChI=1S/8C10H22.Al.H2O4S.H2O.3H/c8*1-3-5-7-9-10-8-6-4-2;;1-5(2,3)4;;;;/h8*3-10H2,1-2H3;;(H2,1,2,3,4);1H2;;;. The predicted molar refractivity (Wildman–Crippen MR) is 414 cm³/mol. The fourth-order valence-electron chi connectivity index (χ4n) is 9.66. The molecule has 0 unspecified atom stereocenters. The van der Waals surface area contributed by atoms with Gasteiger partial charge in [-0.05, 0) is 0 Å². The third-order valence-electron chi connectivity index (χ3n) is 15.7. The van der Waals surface area contributed by atoms with Crippen molar-refractivity contribution in [1.29, 1.82) is 0 Å². The molecule has 0 aromatic heterocycles. The van der Waals surface area contributed by atoms with Gasteiger partial charge in [0.2, 0.25) is 0 Å². The lowest BCUT2D eigenvalue weighted by Gasteiger charge is -1.97. The normalized spacial score (nSPS) is 10.0. The molecule has 7 heteroatoms. The molecule has 0 atom stereocenters. The Balaban J connectivity index is -0.0000000831. The van der Waals surface area contributed by atoms with Crippen molar-refractivity contribution in [1.82, 2.24) is 0 Å². The van der Waals surface area contributed by atoms with E-state index in [9.17, 15) is 0 Å². The third-order valence-corrected chi connectivity index (χ3v) is 15.7. The van der Waals surface area contributed by atoms with Crippen molar-refractivity contribution in [3.8, 4) is 0 Å². The van der Waals surface area contributed by atoms with Gasteiger partial charge in [0, 0.05) is 0 Å². The Morgan fingerprint density at radius 2 is 0.184 bits per heavy atom. The minimum atomic E-state index is -4.67. The molecule has 0 saturated carbocycles. The van der Waals surface area contributed by atoms with Crippen LogP contribution in [0.5, 0.6) is 0 Å². The predicted octanol–water partition coefficient (Wildman–Crippen LogP) is 30.5. The molecule has 0 aromatic rings. The molecule has 0 aliphatic heterocycles.